The highest BCUT2D eigenvalue weighted by Gasteiger charge is 2.83. The monoisotopic (exact) mass is 416 g/mol. The molecule has 0 bridgehead atoms. The molecule has 0 aliphatic carbocycles. The minimum atomic E-state index is -7.18. The van der Waals surface area contributed by atoms with Crippen molar-refractivity contribution in [1.82, 2.24) is 0 Å². The Bertz CT molecular complexity index is 731. The van der Waals surface area contributed by atoms with Gasteiger partial charge in [-0.3, -0.25) is 10.1 Å². The molecule has 26 heavy (non-hydrogen) atoms. The summed E-state index contributed by atoms with van der Waals surface area (Å²) in [5.41, 5.74) is -0.768. The van der Waals surface area contributed by atoms with Crippen LogP contribution in [0.1, 0.15) is 5.56 Å². The Kier molecular flexibility index (Phi) is 5.75. The van der Waals surface area contributed by atoms with Gasteiger partial charge in [0.2, 0.25) is 11.0 Å². The predicted molar refractivity (Wildman–Crippen MR) is 69.7 cm³/mol. The normalized spacial score (nSPS) is 15.3. The lowest BCUT2D eigenvalue weighted by atomic mass is 10.1. The van der Waals surface area contributed by atoms with Crippen molar-refractivity contribution in [3.8, 4) is 0 Å². The van der Waals surface area contributed by atoms with Crippen molar-refractivity contribution in [2.75, 3.05) is 0 Å². The largest absolute Gasteiger partial charge is 0.460 e. The maximum Gasteiger partial charge on any atom is 0.460 e. The number of hydrogen-bond acceptors (Lipinski definition) is 3. The number of nitro benzene ring substituents is 1. The Labute approximate surface area is 140 Å². The summed E-state index contributed by atoms with van der Waals surface area (Å²) in [7, 11) is -4.52. The molecule has 1 rings (SSSR count). The molecule has 0 saturated heterocycles. The highest BCUT2D eigenvalue weighted by Crippen LogP contribution is 2.54. The topological polar surface area (TPSA) is 72.6 Å². The van der Waals surface area contributed by atoms with Crippen LogP contribution in [0.25, 0.3) is 0 Å². The summed E-state index contributed by atoms with van der Waals surface area (Å²) in [5, 5.41) is 4.00. The highest BCUT2D eigenvalue weighted by atomic mass is 32.2. The lowest BCUT2D eigenvalue weighted by Gasteiger charge is -2.31. The number of halogens is 9. The van der Waals surface area contributed by atoms with E-state index in [2.05, 4.69) is 4.40 Å². The maximum atomic E-state index is 13.3. The second-order valence-electron chi connectivity index (χ2n) is 4.50. The molecule has 1 aromatic rings. The van der Waals surface area contributed by atoms with E-state index in [9.17, 15) is 53.8 Å². The summed E-state index contributed by atoms with van der Waals surface area (Å²) >= 11 is 0. The molecule has 0 N–H and O–H groups in total. The number of benzene rings is 1. The lowest BCUT2D eigenvalue weighted by Crippen LogP contribution is -2.61. The van der Waals surface area contributed by atoms with Crippen molar-refractivity contribution in [3.05, 3.63) is 39.9 Å². The van der Waals surface area contributed by atoms with Crippen LogP contribution in [-0.4, -0.2) is 38.6 Å². The van der Waals surface area contributed by atoms with E-state index in [4.69, 9.17) is 0 Å². The minimum Gasteiger partial charge on any atom is -0.258 e. The number of hydrogen-bond donors (Lipinski definition) is 0. The van der Waals surface area contributed by atoms with Gasteiger partial charge in [-0.25, -0.2) is 4.21 Å². The fourth-order valence-corrected chi connectivity index (χ4v) is 2.02. The van der Waals surface area contributed by atoms with Gasteiger partial charge in [-0.05, 0) is 17.7 Å². The van der Waals surface area contributed by atoms with Crippen molar-refractivity contribution in [2.45, 2.75) is 23.3 Å². The van der Waals surface area contributed by atoms with Crippen molar-refractivity contribution >= 4 is 22.9 Å². The van der Waals surface area contributed by atoms with Crippen LogP contribution in [0.5, 0.6) is 0 Å². The third-order valence-corrected chi connectivity index (χ3v) is 3.73. The van der Waals surface area contributed by atoms with Crippen LogP contribution >= 0.6 is 0 Å². The van der Waals surface area contributed by atoms with Gasteiger partial charge in [0.25, 0.3) is 5.69 Å². The molecule has 1 unspecified atom stereocenters. The fourth-order valence-electron chi connectivity index (χ4n) is 1.33. The van der Waals surface area contributed by atoms with Crippen LogP contribution in [0.2, 0.25) is 0 Å². The molecular formula is C11H5F9N2O3S. The number of nitrogens with zero attached hydrogens (tertiary/aromatic N) is 2. The van der Waals surface area contributed by atoms with E-state index in [-0.39, 0.29) is 11.8 Å². The zero-order chi connectivity index (χ0) is 20.6. The average molecular weight is 416 g/mol. The molecule has 146 valence electrons. The molecule has 15 heteroatoms. The second-order valence-corrected chi connectivity index (χ2v) is 5.72. The summed E-state index contributed by atoms with van der Waals surface area (Å²) in [6.45, 7) is 0. The number of non-ortho nitro benzene ring substituents is 1. The molecule has 0 spiro atoms. The van der Waals surface area contributed by atoms with Crippen LogP contribution in [0.15, 0.2) is 28.7 Å². The van der Waals surface area contributed by atoms with Gasteiger partial charge in [0.1, 0.15) is 0 Å². The first-order valence-electron chi connectivity index (χ1n) is 5.96. The van der Waals surface area contributed by atoms with Gasteiger partial charge in [0, 0.05) is 18.3 Å². The van der Waals surface area contributed by atoms with E-state index < -0.39 is 44.9 Å². The molecule has 0 aliphatic heterocycles. The number of rotatable bonds is 6. The fraction of sp³-hybridized carbons (Fsp3) is 0.364. The van der Waals surface area contributed by atoms with E-state index in [0.29, 0.717) is 0 Å². The summed E-state index contributed by atoms with van der Waals surface area (Å²) < 4.78 is 127. The first-order chi connectivity index (χ1) is 11.6. The Morgan fingerprint density at radius 3 is 1.77 bits per heavy atom. The molecule has 0 saturated carbocycles. The zero-order valence-corrected chi connectivity index (χ0v) is 12.6. The quantitative estimate of drug-likeness (QED) is 0.303. The van der Waals surface area contributed by atoms with E-state index in [1.807, 2.05) is 0 Å². The van der Waals surface area contributed by atoms with Gasteiger partial charge >= 0.3 is 23.3 Å². The van der Waals surface area contributed by atoms with Gasteiger partial charge in [-0.2, -0.15) is 43.9 Å². The van der Waals surface area contributed by atoms with E-state index in [0.717, 1.165) is 24.3 Å². The molecule has 0 radical (unpaired) electrons. The van der Waals surface area contributed by atoms with Crippen LogP contribution in [0, 0.1) is 10.1 Å². The Morgan fingerprint density at radius 1 is 0.923 bits per heavy atom. The third-order valence-electron chi connectivity index (χ3n) is 2.74. The van der Waals surface area contributed by atoms with Gasteiger partial charge in [0.15, 0.2) is 0 Å². The van der Waals surface area contributed by atoms with Crippen molar-refractivity contribution in [3.63, 3.8) is 0 Å². The molecular weight excluding hydrogens is 411 g/mol. The Balaban J connectivity index is 3.12. The van der Waals surface area contributed by atoms with E-state index in [1.54, 1.807) is 0 Å². The Hall–Kier alpha value is -2.19. The first-order valence-corrected chi connectivity index (χ1v) is 7.07. The molecule has 1 aromatic carbocycles. The van der Waals surface area contributed by atoms with E-state index >= 15 is 0 Å². The molecule has 0 fully saturated rings. The Morgan fingerprint density at radius 2 is 1.38 bits per heavy atom. The molecule has 0 heterocycles. The summed E-state index contributed by atoms with van der Waals surface area (Å²) in [6, 6.07) is 3.32. The number of alkyl halides is 9. The molecule has 0 amide bonds. The third kappa shape index (κ3) is 3.81. The molecule has 1 atom stereocenters. The van der Waals surface area contributed by atoms with Crippen molar-refractivity contribution < 1.29 is 48.6 Å². The van der Waals surface area contributed by atoms with Gasteiger partial charge in [-0.15, -0.1) is 0 Å². The van der Waals surface area contributed by atoms with Gasteiger partial charge in [-0.1, -0.05) is 0 Å². The minimum absolute atomic E-state index is 0.190. The standard InChI is InChI=1S/C11H5F9N2O3S/c12-8(13,10(16,17)18)9(14,15)11(19,20)26(25)21-5-6-1-3-7(4-2-6)22(23)24/h1-5H. The van der Waals surface area contributed by atoms with Crippen LogP contribution < -0.4 is 0 Å². The summed E-state index contributed by atoms with van der Waals surface area (Å²) in [5.74, 6) is -14.2. The lowest BCUT2D eigenvalue weighted by molar-refractivity contribution is -0.384. The second kappa shape index (κ2) is 6.85. The van der Waals surface area contributed by atoms with Crippen LogP contribution in [0.4, 0.5) is 45.2 Å². The maximum absolute atomic E-state index is 13.3. The van der Waals surface area contributed by atoms with Crippen molar-refractivity contribution in [2.24, 2.45) is 4.40 Å². The average Bonchev–Trinajstić information content (AvgIpc) is 2.51. The smallest absolute Gasteiger partial charge is 0.258 e. The molecule has 0 aromatic heterocycles. The molecule has 5 nitrogen and oxygen atoms in total. The summed E-state index contributed by atoms with van der Waals surface area (Å²) in [4.78, 5) is 9.52. The van der Waals surface area contributed by atoms with Crippen LogP contribution in [0.3, 0.4) is 0 Å². The SMILES string of the molecule is O=[N+]([O-])c1ccc(C=NS(=O)C(F)(F)C(F)(F)C(F)(F)C(F)(F)F)cc1. The predicted octanol–water partition coefficient (Wildman–Crippen LogP) is 4.10. The van der Waals surface area contributed by atoms with Gasteiger partial charge < -0.3 is 0 Å². The highest BCUT2D eigenvalue weighted by molar-refractivity contribution is 7.85. The van der Waals surface area contributed by atoms with E-state index in [1.165, 1.54) is 0 Å². The zero-order valence-electron chi connectivity index (χ0n) is 11.8. The number of nitro groups is 1. The summed E-state index contributed by atoms with van der Waals surface area (Å²) in [6.07, 6.45) is -6.85. The first kappa shape index (κ1) is 21.9. The van der Waals surface area contributed by atoms with Crippen LogP contribution in [-0.2, 0) is 11.0 Å². The van der Waals surface area contributed by atoms with Crippen molar-refractivity contribution in [1.29, 1.82) is 0 Å². The van der Waals surface area contributed by atoms with Gasteiger partial charge in [0.05, 0.1) is 4.92 Å². The molecule has 0 aliphatic rings.